The number of fused-ring (bicyclic) bond motifs is 1. The SMILES string of the molecule is CC(=O)N1CCC(COc2cc(F)c3c(=O)[nH]c(CSC4CCN(CC#Cc5cccc(N6CCC(=O)NC6=O)c5)CC4)nc3c2)CC1. The normalized spacial score (nSPS) is 18.0. The largest absolute Gasteiger partial charge is 0.493 e. The van der Waals surface area contributed by atoms with Crippen LogP contribution < -0.4 is 20.5 Å². The molecule has 0 spiro atoms. The molecular weight excluding hydrogens is 635 g/mol. The lowest BCUT2D eigenvalue weighted by atomic mass is 9.98. The molecule has 0 radical (unpaired) electrons. The Balaban J connectivity index is 0.978. The maximum atomic E-state index is 14.9. The number of H-pyrrole nitrogens is 1. The number of carbonyl (C=O) groups excluding carboxylic acids is 3. The molecule has 3 aliphatic rings. The van der Waals surface area contributed by atoms with Crippen LogP contribution in [0, 0.1) is 23.6 Å². The Bertz CT molecular complexity index is 1810. The van der Waals surface area contributed by atoms with Crippen LogP contribution >= 0.6 is 11.8 Å². The van der Waals surface area contributed by atoms with Crippen LogP contribution in [0.1, 0.15) is 50.4 Å². The fraction of sp³-hybridized carbons (Fsp3) is 0.457. The Morgan fingerprint density at radius 3 is 2.60 bits per heavy atom. The summed E-state index contributed by atoms with van der Waals surface area (Å²) in [6, 6.07) is 9.92. The van der Waals surface area contributed by atoms with Gasteiger partial charge in [-0.2, -0.15) is 11.8 Å². The number of imide groups is 1. The van der Waals surface area contributed by atoms with Crippen molar-refractivity contribution >= 4 is 46.2 Å². The van der Waals surface area contributed by atoms with Gasteiger partial charge in [-0.1, -0.05) is 17.9 Å². The Morgan fingerprint density at radius 2 is 1.85 bits per heavy atom. The molecule has 0 bridgehead atoms. The van der Waals surface area contributed by atoms with Crippen LogP contribution in [0.3, 0.4) is 0 Å². The zero-order chi connectivity index (χ0) is 33.6. The molecule has 11 nitrogen and oxygen atoms in total. The monoisotopic (exact) mass is 674 g/mol. The summed E-state index contributed by atoms with van der Waals surface area (Å²) in [5.41, 5.74) is 1.31. The second-order valence-corrected chi connectivity index (χ2v) is 13.8. The zero-order valence-electron chi connectivity index (χ0n) is 26.9. The molecule has 3 saturated heterocycles. The summed E-state index contributed by atoms with van der Waals surface area (Å²) in [4.78, 5) is 61.0. The van der Waals surface area contributed by atoms with Crippen molar-refractivity contribution in [3.05, 3.63) is 64.0 Å². The number of amides is 4. The van der Waals surface area contributed by atoms with Gasteiger partial charge in [0.15, 0.2) is 0 Å². The van der Waals surface area contributed by atoms with E-state index in [2.05, 4.69) is 32.0 Å². The van der Waals surface area contributed by atoms with E-state index in [-0.39, 0.29) is 35.1 Å². The minimum absolute atomic E-state index is 0.0690. The number of nitrogens with one attached hydrogen (secondary N) is 2. The number of hydrogen-bond donors (Lipinski definition) is 2. The summed E-state index contributed by atoms with van der Waals surface area (Å²) in [5.74, 6) is 7.25. The van der Waals surface area contributed by atoms with E-state index < -0.39 is 17.4 Å². The first-order chi connectivity index (χ1) is 23.2. The van der Waals surface area contributed by atoms with Gasteiger partial charge in [0.05, 0.1) is 24.4 Å². The van der Waals surface area contributed by atoms with Crippen molar-refractivity contribution in [2.75, 3.05) is 50.8 Å². The number of rotatable bonds is 8. The second kappa shape index (κ2) is 15.2. The topological polar surface area (TPSA) is 128 Å². The predicted octanol–water partition coefficient (Wildman–Crippen LogP) is 3.90. The van der Waals surface area contributed by atoms with Crippen molar-refractivity contribution in [1.82, 2.24) is 25.1 Å². The molecule has 3 aliphatic heterocycles. The number of carbonyl (C=O) groups is 3. The number of piperidine rings is 2. The van der Waals surface area contributed by atoms with Crippen molar-refractivity contribution in [3.63, 3.8) is 0 Å². The van der Waals surface area contributed by atoms with Crippen molar-refractivity contribution in [3.8, 4) is 17.6 Å². The van der Waals surface area contributed by atoms with E-state index in [0.29, 0.717) is 61.1 Å². The smallest absolute Gasteiger partial charge is 0.328 e. The molecule has 0 unspecified atom stereocenters. The van der Waals surface area contributed by atoms with E-state index in [0.717, 1.165) is 44.3 Å². The van der Waals surface area contributed by atoms with Gasteiger partial charge in [-0.3, -0.25) is 29.5 Å². The van der Waals surface area contributed by atoms with Gasteiger partial charge in [-0.05, 0) is 49.8 Å². The minimum Gasteiger partial charge on any atom is -0.493 e. The average molecular weight is 675 g/mol. The van der Waals surface area contributed by atoms with Gasteiger partial charge in [-0.15, -0.1) is 0 Å². The lowest BCUT2D eigenvalue weighted by molar-refractivity contribution is -0.130. The number of likely N-dealkylation sites (tertiary alicyclic amines) is 2. The van der Waals surface area contributed by atoms with Crippen molar-refractivity contribution < 1.29 is 23.5 Å². The highest BCUT2D eigenvalue weighted by molar-refractivity contribution is 7.99. The summed E-state index contributed by atoms with van der Waals surface area (Å²) in [7, 11) is 0. The molecule has 2 aromatic carbocycles. The Labute approximate surface area is 282 Å². The molecule has 0 aliphatic carbocycles. The predicted molar refractivity (Wildman–Crippen MR) is 182 cm³/mol. The fourth-order valence-corrected chi connectivity index (χ4v) is 7.35. The molecule has 13 heteroatoms. The molecule has 1 aromatic heterocycles. The molecule has 0 atom stereocenters. The number of urea groups is 1. The van der Waals surface area contributed by atoms with Crippen molar-refractivity contribution in [2.45, 2.75) is 50.0 Å². The summed E-state index contributed by atoms with van der Waals surface area (Å²) in [6.45, 7) is 6.17. The molecule has 252 valence electrons. The van der Waals surface area contributed by atoms with E-state index in [1.165, 1.54) is 6.07 Å². The molecule has 2 N–H and O–H groups in total. The standard InChI is InChI=1S/C35H39FN6O5S/c1-23(43)41-15-7-25(8-16-41)21-47-27-19-29(36)33-30(20-27)37-31(38-34(33)45)22-48-28-9-13-40(14-10-28)12-3-5-24-4-2-6-26(18-24)42-17-11-32(44)39-35(42)46/h2,4,6,18-20,25,28H,7-17,21-22H2,1H3,(H,37,38,45)(H,39,44,46). The number of aromatic amines is 1. The number of thioether (sulfide) groups is 1. The number of nitrogens with zero attached hydrogens (tertiary/aromatic N) is 4. The lowest BCUT2D eigenvalue weighted by Crippen LogP contribution is -2.49. The van der Waals surface area contributed by atoms with Gasteiger partial charge >= 0.3 is 6.03 Å². The van der Waals surface area contributed by atoms with E-state index >= 15 is 0 Å². The third-order valence-electron chi connectivity index (χ3n) is 9.07. The van der Waals surface area contributed by atoms with E-state index in [1.807, 2.05) is 29.2 Å². The Morgan fingerprint density at radius 1 is 1.06 bits per heavy atom. The van der Waals surface area contributed by atoms with Gasteiger partial charge in [-0.25, -0.2) is 14.2 Å². The van der Waals surface area contributed by atoms with Gasteiger partial charge in [0.2, 0.25) is 11.8 Å². The molecule has 4 heterocycles. The minimum atomic E-state index is -0.655. The van der Waals surface area contributed by atoms with Crippen LogP contribution in [0.4, 0.5) is 14.9 Å². The number of anilines is 1. The van der Waals surface area contributed by atoms with Crippen LogP contribution in [0.2, 0.25) is 0 Å². The summed E-state index contributed by atoms with van der Waals surface area (Å²) in [6.07, 6.45) is 3.89. The van der Waals surface area contributed by atoms with Crippen LogP contribution in [0.15, 0.2) is 41.2 Å². The van der Waals surface area contributed by atoms with Gasteiger partial charge in [0.25, 0.3) is 5.56 Å². The molecule has 3 aromatic rings. The third kappa shape index (κ3) is 8.35. The van der Waals surface area contributed by atoms with Crippen molar-refractivity contribution in [1.29, 1.82) is 0 Å². The van der Waals surface area contributed by atoms with Gasteiger partial charge < -0.3 is 14.6 Å². The number of ether oxygens (including phenoxy) is 1. The summed E-state index contributed by atoms with van der Waals surface area (Å²) < 4.78 is 20.9. The van der Waals surface area contributed by atoms with Crippen LogP contribution in [0.25, 0.3) is 10.9 Å². The maximum absolute atomic E-state index is 14.9. The third-order valence-corrected chi connectivity index (χ3v) is 10.4. The number of hydrogen-bond acceptors (Lipinski definition) is 8. The Hall–Kier alpha value is -4.41. The molecule has 0 saturated carbocycles. The first kappa shape index (κ1) is 33.5. The molecule has 48 heavy (non-hydrogen) atoms. The quantitative estimate of drug-likeness (QED) is 0.345. The average Bonchev–Trinajstić information content (AvgIpc) is 3.07. The van der Waals surface area contributed by atoms with Gasteiger partial charge in [0, 0.05) is 74.7 Å². The summed E-state index contributed by atoms with van der Waals surface area (Å²) >= 11 is 1.74. The fourth-order valence-electron chi connectivity index (χ4n) is 6.27. The van der Waals surface area contributed by atoms with Crippen molar-refractivity contribution in [2.24, 2.45) is 5.92 Å². The van der Waals surface area contributed by atoms with Crippen LogP contribution in [-0.2, 0) is 15.3 Å². The number of aromatic nitrogens is 2. The molecular formula is C35H39FN6O5S. The Kier molecular flexibility index (Phi) is 10.6. The summed E-state index contributed by atoms with van der Waals surface area (Å²) in [5, 5.41) is 2.67. The highest BCUT2D eigenvalue weighted by Crippen LogP contribution is 2.27. The highest BCUT2D eigenvalue weighted by atomic mass is 32.2. The van der Waals surface area contributed by atoms with E-state index in [4.69, 9.17) is 4.74 Å². The van der Waals surface area contributed by atoms with E-state index in [1.54, 1.807) is 29.7 Å². The zero-order valence-corrected chi connectivity index (χ0v) is 27.7. The van der Waals surface area contributed by atoms with Crippen LogP contribution in [-0.4, -0.2) is 88.7 Å². The first-order valence-electron chi connectivity index (χ1n) is 16.4. The number of benzene rings is 2. The highest BCUT2D eigenvalue weighted by Gasteiger charge is 2.25. The van der Waals surface area contributed by atoms with Gasteiger partial charge in [0.1, 0.15) is 22.8 Å². The second-order valence-electron chi connectivity index (χ2n) is 12.5. The molecule has 6 rings (SSSR count). The lowest BCUT2D eigenvalue weighted by Gasteiger charge is -2.31. The van der Waals surface area contributed by atoms with Crippen LogP contribution in [0.5, 0.6) is 5.75 Å². The molecule has 3 fully saturated rings. The number of halogens is 1. The maximum Gasteiger partial charge on any atom is 0.328 e. The molecule has 4 amide bonds. The van der Waals surface area contributed by atoms with E-state index in [9.17, 15) is 23.6 Å². The first-order valence-corrected chi connectivity index (χ1v) is 17.4.